The lowest BCUT2D eigenvalue weighted by atomic mass is 10.1. The van der Waals surface area contributed by atoms with E-state index in [1.165, 1.54) is 37.9 Å². The molecule has 0 aliphatic carbocycles. The average molecular weight is 325 g/mol. The van der Waals surface area contributed by atoms with Crippen molar-refractivity contribution in [2.24, 2.45) is 0 Å². The molecule has 0 radical (unpaired) electrons. The van der Waals surface area contributed by atoms with Gasteiger partial charge in [0.25, 0.3) is 0 Å². The Morgan fingerprint density at radius 2 is 2.11 bits per heavy atom. The van der Waals surface area contributed by atoms with Crippen molar-refractivity contribution in [3.05, 3.63) is 34.3 Å². The quantitative estimate of drug-likeness (QED) is 0.901. The lowest BCUT2D eigenvalue weighted by Gasteiger charge is -2.30. The SMILES string of the molecule is CCCC1CN(C(C)c2ccc(Br)cc2)CCCN1. The Balaban J connectivity index is 2.03. The van der Waals surface area contributed by atoms with E-state index in [9.17, 15) is 0 Å². The summed E-state index contributed by atoms with van der Waals surface area (Å²) in [5.74, 6) is 0. The molecular weight excluding hydrogens is 300 g/mol. The molecule has 1 aromatic carbocycles. The molecule has 0 amide bonds. The summed E-state index contributed by atoms with van der Waals surface area (Å²) in [5.41, 5.74) is 1.42. The molecule has 1 aliphatic rings. The van der Waals surface area contributed by atoms with Gasteiger partial charge in [0, 0.05) is 29.6 Å². The topological polar surface area (TPSA) is 15.3 Å². The fourth-order valence-electron chi connectivity index (χ4n) is 2.87. The van der Waals surface area contributed by atoms with Gasteiger partial charge >= 0.3 is 0 Å². The summed E-state index contributed by atoms with van der Waals surface area (Å²) >= 11 is 3.51. The second kappa shape index (κ2) is 7.41. The minimum absolute atomic E-state index is 0.507. The Labute approximate surface area is 125 Å². The van der Waals surface area contributed by atoms with Crippen LogP contribution in [0.25, 0.3) is 0 Å². The molecule has 0 bridgehead atoms. The van der Waals surface area contributed by atoms with Crippen LogP contribution in [-0.2, 0) is 0 Å². The minimum Gasteiger partial charge on any atom is -0.313 e. The van der Waals surface area contributed by atoms with E-state index in [4.69, 9.17) is 0 Å². The molecule has 0 saturated carbocycles. The monoisotopic (exact) mass is 324 g/mol. The van der Waals surface area contributed by atoms with Crippen LogP contribution in [0.4, 0.5) is 0 Å². The maximum atomic E-state index is 3.68. The van der Waals surface area contributed by atoms with Gasteiger partial charge in [0.05, 0.1) is 0 Å². The third kappa shape index (κ3) is 4.30. The van der Waals surface area contributed by atoms with Gasteiger partial charge in [0.2, 0.25) is 0 Å². The van der Waals surface area contributed by atoms with Gasteiger partial charge in [-0.1, -0.05) is 41.4 Å². The van der Waals surface area contributed by atoms with Gasteiger partial charge in [0.15, 0.2) is 0 Å². The molecule has 106 valence electrons. The Bertz CT molecular complexity index is 377. The first-order valence-corrected chi connectivity index (χ1v) is 8.23. The number of halogens is 1. The Morgan fingerprint density at radius 3 is 2.79 bits per heavy atom. The van der Waals surface area contributed by atoms with Crippen LogP contribution in [0.3, 0.4) is 0 Å². The zero-order chi connectivity index (χ0) is 13.7. The van der Waals surface area contributed by atoms with Gasteiger partial charge in [-0.25, -0.2) is 0 Å². The predicted molar refractivity (Wildman–Crippen MR) is 85.4 cm³/mol. The van der Waals surface area contributed by atoms with Crippen molar-refractivity contribution >= 4 is 15.9 Å². The lowest BCUT2D eigenvalue weighted by Crippen LogP contribution is -2.38. The highest BCUT2D eigenvalue weighted by Crippen LogP contribution is 2.23. The van der Waals surface area contributed by atoms with Crippen LogP contribution >= 0.6 is 15.9 Å². The van der Waals surface area contributed by atoms with Crippen LogP contribution < -0.4 is 5.32 Å². The highest BCUT2D eigenvalue weighted by Gasteiger charge is 2.21. The predicted octanol–water partition coefficient (Wildman–Crippen LogP) is 3.97. The molecule has 3 heteroatoms. The molecule has 19 heavy (non-hydrogen) atoms. The van der Waals surface area contributed by atoms with Gasteiger partial charge in [-0.2, -0.15) is 0 Å². The summed E-state index contributed by atoms with van der Waals surface area (Å²) in [4.78, 5) is 2.63. The highest BCUT2D eigenvalue weighted by atomic mass is 79.9. The molecule has 1 aromatic rings. The molecule has 0 spiro atoms. The van der Waals surface area contributed by atoms with Crippen molar-refractivity contribution in [1.29, 1.82) is 0 Å². The van der Waals surface area contributed by atoms with Gasteiger partial charge in [-0.05, 0) is 44.0 Å². The molecule has 1 heterocycles. The van der Waals surface area contributed by atoms with E-state index in [0.29, 0.717) is 12.1 Å². The number of nitrogens with zero attached hydrogens (tertiary/aromatic N) is 1. The molecule has 2 nitrogen and oxygen atoms in total. The zero-order valence-corrected chi connectivity index (χ0v) is 13.6. The fourth-order valence-corrected chi connectivity index (χ4v) is 3.14. The summed E-state index contributed by atoms with van der Waals surface area (Å²) in [6, 6.07) is 9.93. The van der Waals surface area contributed by atoms with Gasteiger partial charge in [-0.3, -0.25) is 4.90 Å². The molecule has 1 fully saturated rings. The summed E-state index contributed by atoms with van der Waals surface area (Å²) in [6.07, 6.45) is 3.79. The van der Waals surface area contributed by atoms with E-state index in [-0.39, 0.29) is 0 Å². The third-order valence-corrected chi connectivity index (χ3v) is 4.58. The van der Waals surface area contributed by atoms with Crippen molar-refractivity contribution in [2.75, 3.05) is 19.6 Å². The first-order chi connectivity index (χ1) is 9.20. The summed E-state index contributed by atoms with van der Waals surface area (Å²) in [7, 11) is 0. The molecule has 1 saturated heterocycles. The standard InChI is InChI=1S/C16H25BrN2/c1-3-5-16-12-19(11-4-10-18-16)13(2)14-6-8-15(17)9-7-14/h6-9,13,16,18H,3-5,10-12H2,1-2H3. The molecule has 2 atom stereocenters. The summed E-state index contributed by atoms with van der Waals surface area (Å²) in [5, 5.41) is 3.68. The van der Waals surface area contributed by atoms with E-state index in [2.05, 4.69) is 64.3 Å². The van der Waals surface area contributed by atoms with Crippen LogP contribution in [0.5, 0.6) is 0 Å². The van der Waals surface area contributed by atoms with Crippen molar-refractivity contribution in [1.82, 2.24) is 10.2 Å². The second-order valence-electron chi connectivity index (χ2n) is 5.52. The summed E-state index contributed by atoms with van der Waals surface area (Å²) in [6.45, 7) is 8.14. The Kier molecular flexibility index (Phi) is 5.86. The smallest absolute Gasteiger partial charge is 0.0320 e. The first kappa shape index (κ1) is 15.0. The molecule has 2 rings (SSSR count). The van der Waals surface area contributed by atoms with Crippen molar-refractivity contribution in [3.63, 3.8) is 0 Å². The zero-order valence-electron chi connectivity index (χ0n) is 12.0. The van der Waals surface area contributed by atoms with E-state index in [0.717, 1.165) is 11.0 Å². The largest absolute Gasteiger partial charge is 0.313 e. The normalized spacial score (nSPS) is 23.0. The summed E-state index contributed by atoms with van der Waals surface area (Å²) < 4.78 is 1.16. The van der Waals surface area contributed by atoms with Gasteiger partial charge in [0.1, 0.15) is 0 Å². The molecular formula is C16H25BrN2. The average Bonchev–Trinajstić information content (AvgIpc) is 2.65. The second-order valence-corrected chi connectivity index (χ2v) is 6.43. The van der Waals surface area contributed by atoms with Crippen molar-refractivity contribution in [3.8, 4) is 0 Å². The van der Waals surface area contributed by atoms with E-state index < -0.39 is 0 Å². The lowest BCUT2D eigenvalue weighted by molar-refractivity contribution is 0.203. The number of hydrogen-bond donors (Lipinski definition) is 1. The number of rotatable bonds is 4. The van der Waals surface area contributed by atoms with Crippen LogP contribution in [0, 0.1) is 0 Å². The van der Waals surface area contributed by atoms with Gasteiger partial charge in [-0.15, -0.1) is 0 Å². The van der Waals surface area contributed by atoms with E-state index in [1.807, 2.05) is 0 Å². The van der Waals surface area contributed by atoms with Crippen LogP contribution in [0.2, 0.25) is 0 Å². The minimum atomic E-state index is 0.507. The van der Waals surface area contributed by atoms with Crippen LogP contribution in [0.15, 0.2) is 28.7 Å². The van der Waals surface area contributed by atoms with Crippen molar-refractivity contribution in [2.45, 2.75) is 45.2 Å². The molecule has 1 N–H and O–H groups in total. The van der Waals surface area contributed by atoms with E-state index in [1.54, 1.807) is 0 Å². The maximum Gasteiger partial charge on any atom is 0.0320 e. The van der Waals surface area contributed by atoms with Crippen LogP contribution in [0.1, 0.15) is 44.7 Å². The fraction of sp³-hybridized carbons (Fsp3) is 0.625. The third-order valence-electron chi connectivity index (χ3n) is 4.05. The van der Waals surface area contributed by atoms with Gasteiger partial charge < -0.3 is 5.32 Å². The maximum absolute atomic E-state index is 3.68. The Hall–Kier alpha value is -0.380. The molecule has 1 aliphatic heterocycles. The van der Waals surface area contributed by atoms with Crippen LogP contribution in [-0.4, -0.2) is 30.6 Å². The Morgan fingerprint density at radius 1 is 1.37 bits per heavy atom. The molecule has 0 aromatic heterocycles. The highest BCUT2D eigenvalue weighted by molar-refractivity contribution is 9.10. The number of nitrogens with one attached hydrogen (secondary N) is 1. The first-order valence-electron chi connectivity index (χ1n) is 7.43. The van der Waals surface area contributed by atoms with Crippen molar-refractivity contribution < 1.29 is 0 Å². The molecule has 2 unspecified atom stereocenters. The van der Waals surface area contributed by atoms with E-state index >= 15 is 0 Å². The number of hydrogen-bond acceptors (Lipinski definition) is 2. The number of benzene rings is 1.